The molecule has 1 unspecified atom stereocenters. The van der Waals surface area contributed by atoms with E-state index in [0.717, 1.165) is 12.1 Å². The first-order valence-corrected chi connectivity index (χ1v) is 7.62. The van der Waals surface area contributed by atoms with E-state index >= 15 is 0 Å². The Hall–Kier alpha value is -1.35. The van der Waals surface area contributed by atoms with Crippen molar-refractivity contribution in [2.24, 2.45) is 0 Å². The fourth-order valence-corrected chi connectivity index (χ4v) is 3.06. The minimum Gasteiger partial charge on any atom is -0.469 e. The molecule has 1 aliphatic heterocycles. The van der Waals surface area contributed by atoms with Crippen LogP contribution in [0.4, 0.5) is 0 Å². The lowest BCUT2D eigenvalue weighted by Gasteiger charge is -2.35. The molecule has 1 heterocycles. The van der Waals surface area contributed by atoms with Gasteiger partial charge in [0.15, 0.2) is 0 Å². The Bertz CT molecular complexity index is 444. The quantitative estimate of drug-likeness (QED) is 0.773. The van der Waals surface area contributed by atoms with Crippen LogP contribution >= 0.6 is 0 Å². The van der Waals surface area contributed by atoms with Crippen LogP contribution in [0.25, 0.3) is 0 Å². The Morgan fingerprint density at radius 2 is 2.05 bits per heavy atom. The molecule has 0 saturated carbocycles. The molecule has 20 heavy (non-hydrogen) atoms. The minimum atomic E-state index is -0.164. The van der Waals surface area contributed by atoms with Crippen LogP contribution in [0.2, 0.25) is 0 Å². The number of nitrogens with zero attached hydrogens (tertiary/aromatic N) is 1. The average molecular weight is 275 g/mol. The molecule has 3 heteroatoms. The van der Waals surface area contributed by atoms with Gasteiger partial charge in [-0.15, -0.1) is 0 Å². The summed E-state index contributed by atoms with van der Waals surface area (Å²) in [6.07, 6.45) is 5.51. The maximum Gasteiger partial charge on any atom is 0.309 e. The monoisotopic (exact) mass is 275 g/mol. The smallest absolute Gasteiger partial charge is 0.309 e. The molecule has 1 atom stereocenters. The molecule has 0 N–H and O–H groups in total. The summed E-state index contributed by atoms with van der Waals surface area (Å²) in [7, 11) is 1.45. The second kappa shape index (κ2) is 7.44. The summed E-state index contributed by atoms with van der Waals surface area (Å²) in [4.78, 5) is 14.1. The first-order valence-electron chi connectivity index (χ1n) is 7.62. The van der Waals surface area contributed by atoms with E-state index in [1.165, 1.54) is 44.9 Å². The largest absolute Gasteiger partial charge is 0.469 e. The van der Waals surface area contributed by atoms with Crippen LogP contribution in [0.5, 0.6) is 0 Å². The van der Waals surface area contributed by atoms with Gasteiger partial charge in [0, 0.05) is 12.6 Å². The number of hydrogen-bond donors (Lipinski definition) is 0. The maximum atomic E-state index is 11.5. The number of ether oxygens (including phenoxy) is 1. The number of hydrogen-bond acceptors (Lipinski definition) is 3. The van der Waals surface area contributed by atoms with Gasteiger partial charge in [-0.05, 0) is 36.9 Å². The fourth-order valence-electron chi connectivity index (χ4n) is 3.06. The zero-order chi connectivity index (χ0) is 14.4. The zero-order valence-corrected chi connectivity index (χ0v) is 12.6. The summed E-state index contributed by atoms with van der Waals surface area (Å²) in [5.74, 6) is -0.164. The van der Waals surface area contributed by atoms with E-state index in [9.17, 15) is 4.79 Å². The normalized spacial score (nSPS) is 19.8. The molecule has 1 aromatic carbocycles. The first kappa shape index (κ1) is 15.0. The van der Waals surface area contributed by atoms with Gasteiger partial charge < -0.3 is 4.74 Å². The van der Waals surface area contributed by atoms with E-state index in [1.54, 1.807) is 0 Å². The van der Waals surface area contributed by atoms with Crippen molar-refractivity contribution >= 4 is 5.97 Å². The van der Waals surface area contributed by atoms with E-state index in [-0.39, 0.29) is 5.97 Å². The Morgan fingerprint density at radius 1 is 1.30 bits per heavy atom. The molecule has 1 aromatic rings. The standard InChI is InChI=1S/C17H25NO2/c1-3-16-10-6-7-11-18(16)13-15-9-5-4-8-14(15)12-17(19)20-2/h4-5,8-9,16H,3,6-7,10-13H2,1-2H3. The van der Waals surface area contributed by atoms with Crippen LogP contribution in [-0.2, 0) is 22.5 Å². The lowest BCUT2D eigenvalue weighted by Crippen LogP contribution is -2.38. The first-order chi connectivity index (χ1) is 9.74. The highest BCUT2D eigenvalue weighted by Gasteiger charge is 2.21. The predicted molar refractivity (Wildman–Crippen MR) is 80.5 cm³/mol. The molecule has 1 saturated heterocycles. The third-order valence-electron chi connectivity index (χ3n) is 4.27. The van der Waals surface area contributed by atoms with Gasteiger partial charge in [0.05, 0.1) is 13.5 Å². The zero-order valence-electron chi connectivity index (χ0n) is 12.6. The molecule has 0 spiro atoms. The number of benzene rings is 1. The third kappa shape index (κ3) is 3.83. The SMILES string of the molecule is CCC1CCCCN1Cc1ccccc1CC(=O)OC. The number of carbonyl (C=O) groups excluding carboxylic acids is 1. The van der Waals surface area contributed by atoms with E-state index in [1.807, 2.05) is 12.1 Å². The molecule has 110 valence electrons. The molecule has 0 amide bonds. The average Bonchev–Trinajstić information content (AvgIpc) is 2.49. The van der Waals surface area contributed by atoms with Crippen molar-refractivity contribution in [2.45, 2.75) is 51.6 Å². The van der Waals surface area contributed by atoms with Gasteiger partial charge in [-0.2, -0.15) is 0 Å². The number of esters is 1. The molecular weight excluding hydrogens is 250 g/mol. The van der Waals surface area contributed by atoms with Crippen molar-refractivity contribution in [2.75, 3.05) is 13.7 Å². The van der Waals surface area contributed by atoms with E-state index < -0.39 is 0 Å². The van der Waals surface area contributed by atoms with Gasteiger partial charge in [0.25, 0.3) is 0 Å². The highest BCUT2D eigenvalue weighted by atomic mass is 16.5. The van der Waals surface area contributed by atoms with E-state index in [2.05, 4.69) is 24.0 Å². The van der Waals surface area contributed by atoms with Crippen LogP contribution in [0.3, 0.4) is 0 Å². The highest BCUT2D eigenvalue weighted by molar-refractivity contribution is 5.72. The van der Waals surface area contributed by atoms with Crippen molar-refractivity contribution in [1.82, 2.24) is 4.90 Å². The third-order valence-corrected chi connectivity index (χ3v) is 4.27. The summed E-state index contributed by atoms with van der Waals surface area (Å²) in [5.41, 5.74) is 2.36. The van der Waals surface area contributed by atoms with Crippen LogP contribution in [0.1, 0.15) is 43.7 Å². The van der Waals surface area contributed by atoms with Crippen LogP contribution in [0.15, 0.2) is 24.3 Å². The molecule has 3 nitrogen and oxygen atoms in total. The van der Waals surface area contributed by atoms with Gasteiger partial charge in [-0.1, -0.05) is 37.6 Å². The van der Waals surface area contributed by atoms with Gasteiger partial charge in [0.1, 0.15) is 0 Å². The molecule has 0 aliphatic carbocycles. The van der Waals surface area contributed by atoms with Crippen molar-refractivity contribution in [3.05, 3.63) is 35.4 Å². The Morgan fingerprint density at radius 3 is 2.75 bits per heavy atom. The van der Waals surface area contributed by atoms with Crippen molar-refractivity contribution in [3.63, 3.8) is 0 Å². The van der Waals surface area contributed by atoms with Crippen LogP contribution < -0.4 is 0 Å². The molecule has 0 bridgehead atoms. The number of likely N-dealkylation sites (tertiary alicyclic amines) is 1. The lowest BCUT2D eigenvalue weighted by atomic mass is 9.97. The summed E-state index contributed by atoms with van der Waals surface area (Å²) in [6.45, 7) is 4.39. The van der Waals surface area contributed by atoms with Crippen molar-refractivity contribution in [3.8, 4) is 0 Å². The second-order valence-corrected chi connectivity index (χ2v) is 5.55. The number of rotatable bonds is 5. The number of methoxy groups -OCH3 is 1. The van der Waals surface area contributed by atoms with Crippen molar-refractivity contribution in [1.29, 1.82) is 0 Å². The Labute approximate surface area is 121 Å². The number of piperidine rings is 1. The lowest BCUT2D eigenvalue weighted by molar-refractivity contribution is -0.139. The fraction of sp³-hybridized carbons (Fsp3) is 0.588. The Balaban J connectivity index is 2.09. The van der Waals surface area contributed by atoms with Gasteiger partial charge >= 0.3 is 5.97 Å². The molecule has 0 radical (unpaired) electrons. The summed E-state index contributed by atoms with van der Waals surface area (Å²) >= 11 is 0. The van der Waals surface area contributed by atoms with Gasteiger partial charge in [-0.3, -0.25) is 9.69 Å². The van der Waals surface area contributed by atoms with Gasteiger partial charge in [-0.25, -0.2) is 0 Å². The predicted octanol–water partition coefficient (Wildman–Crippen LogP) is 3.17. The maximum absolute atomic E-state index is 11.5. The molecule has 1 fully saturated rings. The second-order valence-electron chi connectivity index (χ2n) is 5.55. The summed E-state index contributed by atoms with van der Waals surface area (Å²) in [5, 5.41) is 0. The topological polar surface area (TPSA) is 29.5 Å². The molecule has 0 aromatic heterocycles. The van der Waals surface area contributed by atoms with Crippen LogP contribution in [0, 0.1) is 0 Å². The van der Waals surface area contributed by atoms with Crippen molar-refractivity contribution < 1.29 is 9.53 Å². The minimum absolute atomic E-state index is 0.164. The molecule has 1 aliphatic rings. The number of carbonyl (C=O) groups is 1. The van der Waals surface area contributed by atoms with E-state index in [0.29, 0.717) is 12.5 Å². The molecular formula is C17H25NO2. The summed E-state index contributed by atoms with van der Waals surface area (Å²) < 4.78 is 4.79. The highest BCUT2D eigenvalue weighted by Crippen LogP contribution is 2.23. The van der Waals surface area contributed by atoms with Gasteiger partial charge in [0.2, 0.25) is 0 Å². The Kier molecular flexibility index (Phi) is 5.60. The summed E-state index contributed by atoms with van der Waals surface area (Å²) in [6, 6.07) is 8.92. The van der Waals surface area contributed by atoms with E-state index in [4.69, 9.17) is 4.74 Å². The van der Waals surface area contributed by atoms with Crippen LogP contribution in [-0.4, -0.2) is 30.6 Å². The molecule has 2 rings (SSSR count).